The molecule has 3 aromatic rings. The highest BCUT2D eigenvalue weighted by Crippen LogP contribution is 2.34. The second kappa shape index (κ2) is 10.3. The fraction of sp³-hybridized carbons (Fsp3) is 0.478. The summed E-state index contributed by atoms with van der Waals surface area (Å²) in [6.45, 7) is 8.22. The molecule has 35 heavy (non-hydrogen) atoms. The number of nitrogens with zero attached hydrogens (tertiary/aromatic N) is 3. The molecule has 0 bridgehead atoms. The first-order chi connectivity index (χ1) is 16.7. The van der Waals surface area contributed by atoms with Crippen LogP contribution in [0.3, 0.4) is 0 Å². The number of hydrogen-bond donors (Lipinski definition) is 3. The normalized spacial score (nSPS) is 18.5. The van der Waals surface area contributed by atoms with E-state index in [4.69, 9.17) is 13.9 Å². The van der Waals surface area contributed by atoms with Gasteiger partial charge in [-0.1, -0.05) is 45.9 Å². The summed E-state index contributed by atoms with van der Waals surface area (Å²) in [5, 5.41) is 2.44. The third-order valence-corrected chi connectivity index (χ3v) is 10.1. The van der Waals surface area contributed by atoms with E-state index in [9.17, 15) is 14.4 Å². The number of rotatable bonds is 8. The van der Waals surface area contributed by atoms with Gasteiger partial charge in [-0.05, 0) is 36.1 Å². The second-order valence-electron chi connectivity index (χ2n) is 9.23. The van der Waals surface area contributed by atoms with Gasteiger partial charge < -0.3 is 18.7 Å². The van der Waals surface area contributed by atoms with E-state index in [0.717, 1.165) is 6.42 Å². The zero-order chi connectivity index (χ0) is 25.2. The number of aromatic amines is 1. The van der Waals surface area contributed by atoms with Crippen molar-refractivity contribution >= 4 is 31.8 Å². The van der Waals surface area contributed by atoms with Gasteiger partial charge >= 0.3 is 14.7 Å². The van der Waals surface area contributed by atoms with Crippen LogP contribution in [0.2, 0.25) is 11.1 Å². The maximum atomic E-state index is 12.5. The molecule has 1 aromatic carbocycles. The number of ether oxygens (including phenoxy) is 2. The highest BCUT2D eigenvalue weighted by Gasteiger charge is 2.42. The molecule has 3 N–H and O–H groups in total. The Balaban J connectivity index is 1.46. The van der Waals surface area contributed by atoms with Crippen molar-refractivity contribution in [3.05, 3.63) is 47.0 Å². The van der Waals surface area contributed by atoms with Gasteiger partial charge in [-0.2, -0.15) is 4.98 Å². The Morgan fingerprint density at radius 2 is 1.97 bits per heavy atom. The van der Waals surface area contributed by atoms with Gasteiger partial charge in [0.25, 0.3) is 5.56 Å². The first-order valence-corrected chi connectivity index (χ1v) is 13.7. The Morgan fingerprint density at radius 3 is 2.66 bits per heavy atom. The molecule has 0 aliphatic carbocycles. The predicted octanol–water partition coefficient (Wildman–Crippen LogP) is 3.68. The van der Waals surface area contributed by atoms with Crippen LogP contribution in [0, 0.1) is 0 Å². The number of fused-ring (bicyclic) bond motifs is 1. The lowest BCUT2D eigenvalue weighted by molar-refractivity contribution is -0.0223. The van der Waals surface area contributed by atoms with Gasteiger partial charge in [0.05, 0.1) is 19.0 Å². The van der Waals surface area contributed by atoms with Crippen molar-refractivity contribution < 1.29 is 23.5 Å². The summed E-state index contributed by atoms with van der Waals surface area (Å²) in [4.78, 5) is 46.8. The van der Waals surface area contributed by atoms with Crippen molar-refractivity contribution in [2.75, 3.05) is 11.9 Å². The minimum atomic E-state index is -2.87. The lowest BCUT2D eigenvalue weighted by atomic mass is 10.2. The molecule has 1 fully saturated rings. The van der Waals surface area contributed by atoms with Crippen LogP contribution in [0.5, 0.6) is 5.75 Å². The van der Waals surface area contributed by atoms with E-state index in [0.29, 0.717) is 18.8 Å². The lowest BCUT2D eigenvalue weighted by Gasteiger charge is -2.33. The van der Waals surface area contributed by atoms with Crippen LogP contribution < -0.4 is 15.6 Å². The van der Waals surface area contributed by atoms with Gasteiger partial charge in [0.2, 0.25) is 5.95 Å². The number of imidazole rings is 1. The molecule has 1 aliphatic heterocycles. The second-order valence-corrected chi connectivity index (χ2v) is 13.3. The minimum absolute atomic E-state index is 0.0620. The van der Waals surface area contributed by atoms with E-state index in [1.54, 1.807) is 34.9 Å². The summed E-state index contributed by atoms with van der Waals surface area (Å²) < 4.78 is 19.1. The highest BCUT2D eigenvalue weighted by atomic mass is 28.4. The quantitative estimate of drug-likeness (QED) is 0.397. The molecule has 12 heteroatoms. The number of aromatic nitrogens is 4. The number of hydrogen-bond acceptors (Lipinski definition) is 8. The van der Waals surface area contributed by atoms with Crippen molar-refractivity contribution in [1.29, 1.82) is 0 Å². The Morgan fingerprint density at radius 1 is 1.26 bits per heavy atom. The van der Waals surface area contributed by atoms with E-state index in [2.05, 4.69) is 20.3 Å². The van der Waals surface area contributed by atoms with Gasteiger partial charge in [-0.25, -0.2) is 9.78 Å². The van der Waals surface area contributed by atoms with Gasteiger partial charge in [0, 0.05) is 0 Å². The van der Waals surface area contributed by atoms with Crippen molar-refractivity contribution in [1.82, 2.24) is 19.5 Å². The number of para-hydroxylation sites is 1. The SMILES string of the molecule is CC(C)[Si](O)(OC[C@@H]1CC[C@H](n2cnc3c(=O)[nH]c(NC(=O)Oc4ccccc4)nc32)O1)C(C)C. The standard InChI is InChI=1S/C23H31N5O6Si/c1-14(2)35(31,15(3)4)32-12-17-10-11-18(33-17)28-13-24-19-20(28)25-22(26-21(19)29)27-23(30)34-16-8-6-5-7-9-16/h5-9,13-15,17-18,31H,10-12H2,1-4H3,(H2,25,26,27,29,30)/t17-,18+/m0/s1. The molecule has 1 aliphatic rings. The third-order valence-electron chi connectivity index (χ3n) is 6.16. The molecular formula is C23H31N5O6Si. The molecule has 4 rings (SSSR count). The zero-order valence-corrected chi connectivity index (χ0v) is 21.2. The lowest BCUT2D eigenvalue weighted by Crippen LogP contribution is -2.46. The maximum Gasteiger partial charge on any atom is 0.419 e. The number of H-pyrrole nitrogens is 1. The van der Waals surface area contributed by atoms with Crippen LogP contribution in [-0.2, 0) is 9.16 Å². The summed E-state index contributed by atoms with van der Waals surface area (Å²) in [6.07, 6.45) is 1.50. The highest BCUT2D eigenvalue weighted by molar-refractivity contribution is 6.68. The first kappa shape index (κ1) is 25.0. The van der Waals surface area contributed by atoms with Gasteiger partial charge in [0.1, 0.15) is 12.0 Å². The fourth-order valence-electron chi connectivity index (χ4n) is 4.15. The summed E-state index contributed by atoms with van der Waals surface area (Å²) in [5.41, 5.74) is 0.0502. The van der Waals surface area contributed by atoms with Crippen molar-refractivity contribution in [3.8, 4) is 5.75 Å². The number of carbonyl (C=O) groups excluding carboxylic acids is 1. The van der Waals surface area contributed by atoms with Crippen molar-refractivity contribution in [3.63, 3.8) is 0 Å². The van der Waals surface area contributed by atoms with Crippen LogP contribution in [-0.4, -0.2) is 51.7 Å². The first-order valence-electron chi connectivity index (χ1n) is 11.7. The van der Waals surface area contributed by atoms with E-state index in [1.165, 1.54) is 6.33 Å². The molecule has 0 radical (unpaired) electrons. The summed E-state index contributed by atoms with van der Waals surface area (Å²) in [6, 6.07) is 8.55. The predicted molar refractivity (Wildman–Crippen MR) is 132 cm³/mol. The molecule has 0 spiro atoms. The molecular weight excluding hydrogens is 470 g/mol. The summed E-state index contributed by atoms with van der Waals surface area (Å²) >= 11 is 0. The largest absolute Gasteiger partial charge is 0.419 e. The smallest absolute Gasteiger partial charge is 0.410 e. The van der Waals surface area contributed by atoms with Crippen LogP contribution in [0.15, 0.2) is 41.5 Å². The van der Waals surface area contributed by atoms with Crippen LogP contribution >= 0.6 is 0 Å². The van der Waals surface area contributed by atoms with Gasteiger partial charge in [-0.15, -0.1) is 0 Å². The zero-order valence-electron chi connectivity index (χ0n) is 20.2. The average Bonchev–Trinajstić information content (AvgIpc) is 3.45. The molecule has 3 heterocycles. The summed E-state index contributed by atoms with van der Waals surface area (Å²) in [7, 11) is -2.87. The monoisotopic (exact) mass is 501 g/mol. The van der Waals surface area contributed by atoms with Gasteiger partial charge in [0.15, 0.2) is 11.2 Å². The third kappa shape index (κ3) is 5.45. The molecule has 1 amide bonds. The van der Waals surface area contributed by atoms with E-state index in [1.807, 2.05) is 27.7 Å². The Hall–Kier alpha value is -3.06. The molecule has 0 unspecified atom stereocenters. The Labute approximate surface area is 203 Å². The Kier molecular flexibility index (Phi) is 7.35. The van der Waals surface area contributed by atoms with Crippen LogP contribution in [0.25, 0.3) is 11.2 Å². The maximum absolute atomic E-state index is 12.5. The minimum Gasteiger partial charge on any atom is -0.410 e. The van der Waals surface area contributed by atoms with Gasteiger partial charge in [-0.3, -0.25) is 19.7 Å². The Bertz CT molecular complexity index is 1220. The summed E-state index contributed by atoms with van der Waals surface area (Å²) in [5.74, 6) is 0.295. The van der Waals surface area contributed by atoms with E-state index < -0.39 is 26.4 Å². The molecule has 0 saturated carbocycles. The van der Waals surface area contributed by atoms with Crippen molar-refractivity contribution in [2.24, 2.45) is 0 Å². The number of benzene rings is 1. The number of amides is 1. The fourth-order valence-corrected chi connectivity index (χ4v) is 6.61. The topological polar surface area (TPSA) is 141 Å². The molecule has 11 nitrogen and oxygen atoms in total. The van der Waals surface area contributed by atoms with Crippen LogP contribution in [0.1, 0.15) is 46.8 Å². The average molecular weight is 502 g/mol. The van der Waals surface area contributed by atoms with E-state index >= 15 is 0 Å². The molecule has 2 atom stereocenters. The number of carbonyl (C=O) groups is 1. The number of anilines is 1. The number of nitrogens with one attached hydrogen (secondary N) is 2. The van der Waals surface area contributed by atoms with Crippen molar-refractivity contribution in [2.45, 2.75) is 64.0 Å². The molecule has 188 valence electrons. The molecule has 2 aromatic heterocycles. The van der Waals surface area contributed by atoms with E-state index in [-0.39, 0.29) is 34.3 Å². The van der Waals surface area contributed by atoms with Crippen LogP contribution in [0.4, 0.5) is 10.7 Å². The molecule has 1 saturated heterocycles.